The van der Waals surface area contributed by atoms with Gasteiger partial charge in [-0.3, -0.25) is 0 Å². The molecule has 1 saturated carbocycles. The molecule has 4 rings (SSSR count). The fourth-order valence-electron chi connectivity index (χ4n) is 4.64. The van der Waals surface area contributed by atoms with Crippen molar-refractivity contribution in [1.82, 2.24) is 14.7 Å². The normalized spacial score (nSPS) is 18.1. The van der Waals surface area contributed by atoms with Crippen LogP contribution >= 0.6 is 23.2 Å². The fraction of sp³-hybridized carbons (Fsp3) is 0.462. The van der Waals surface area contributed by atoms with Crippen LogP contribution in [0.15, 0.2) is 47.4 Å². The predicted octanol–water partition coefficient (Wildman–Crippen LogP) is 5.28. The Balaban J connectivity index is 1.28. The molecule has 0 radical (unpaired) electrons. The molecule has 5 N–H and O–H groups in total. The van der Waals surface area contributed by atoms with Gasteiger partial charge in [0.1, 0.15) is 5.82 Å². The summed E-state index contributed by atoms with van der Waals surface area (Å²) in [5.41, 5.74) is 6.51. The fourth-order valence-corrected chi connectivity index (χ4v) is 6.48. The molecule has 3 aromatic rings. The Morgan fingerprint density at radius 3 is 2.27 bits per heavy atom. The summed E-state index contributed by atoms with van der Waals surface area (Å²) in [6, 6.07) is 12.3. The summed E-state index contributed by atoms with van der Waals surface area (Å²) in [5.74, 6) is 2.23. The number of para-hydroxylation sites is 1. The Kier molecular flexibility index (Phi) is 9.83. The Bertz CT molecular complexity index is 1280. The zero-order valence-corrected chi connectivity index (χ0v) is 23.0. The largest absolute Gasteiger partial charge is 0.369 e. The third-order valence-electron chi connectivity index (χ3n) is 6.75. The van der Waals surface area contributed by atoms with E-state index in [-0.39, 0.29) is 4.90 Å². The molecule has 0 saturated heterocycles. The van der Waals surface area contributed by atoms with E-state index in [4.69, 9.17) is 38.9 Å². The van der Waals surface area contributed by atoms with Crippen LogP contribution < -0.4 is 21.1 Å². The van der Waals surface area contributed by atoms with E-state index in [1.807, 2.05) is 24.3 Å². The average molecular weight is 566 g/mol. The topological polar surface area (TPSA) is 122 Å². The molecule has 0 bridgehead atoms. The van der Waals surface area contributed by atoms with Crippen LogP contribution in [0, 0.1) is 11.8 Å². The molecule has 1 aliphatic rings. The molecule has 11 heteroatoms. The SMILES string of the molecule is NCCCCNc1nc(NC[C@H]2CC[C@H](CNS(=O)(=O)c3cc(Cl)cc(Cl)c3)CC2)nc2ccccc12. The molecule has 1 heterocycles. The van der Waals surface area contributed by atoms with Crippen molar-refractivity contribution in [2.45, 2.75) is 43.4 Å². The van der Waals surface area contributed by atoms with Crippen LogP contribution in [0.3, 0.4) is 0 Å². The van der Waals surface area contributed by atoms with E-state index in [1.165, 1.54) is 18.2 Å². The highest BCUT2D eigenvalue weighted by Crippen LogP contribution is 2.30. The predicted molar refractivity (Wildman–Crippen MR) is 152 cm³/mol. The van der Waals surface area contributed by atoms with Gasteiger partial charge in [0.05, 0.1) is 10.4 Å². The lowest BCUT2D eigenvalue weighted by Crippen LogP contribution is -2.32. The molecule has 0 amide bonds. The van der Waals surface area contributed by atoms with E-state index in [0.29, 0.717) is 40.9 Å². The smallest absolute Gasteiger partial charge is 0.240 e. The molecular formula is C26H34Cl2N6O2S. The summed E-state index contributed by atoms with van der Waals surface area (Å²) < 4.78 is 28.0. The van der Waals surface area contributed by atoms with Gasteiger partial charge in [-0.05, 0) is 87.2 Å². The molecule has 0 unspecified atom stereocenters. The Labute approximate surface area is 228 Å². The van der Waals surface area contributed by atoms with E-state index in [2.05, 4.69) is 15.4 Å². The molecule has 1 aromatic heterocycles. The Hall–Kier alpha value is -2.17. The number of hydrogen-bond donors (Lipinski definition) is 4. The standard InChI is InChI=1S/C26H34Cl2N6O2S/c27-20-13-21(28)15-22(14-20)37(35,36)32-17-19-9-7-18(8-10-19)16-31-26-33-24-6-2-1-5-23(24)25(34-26)30-12-4-3-11-29/h1-2,5-6,13-15,18-19,32H,3-4,7-12,16-17,29H2,(H2,30,31,33,34)/t18-,19-. The summed E-state index contributed by atoms with van der Waals surface area (Å²) in [5, 5.41) is 8.46. The lowest BCUT2D eigenvalue weighted by atomic mass is 9.82. The summed E-state index contributed by atoms with van der Waals surface area (Å²) in [6.07, 6.45) is 5.90. The van der Waals surface area contributed by atoms with Gasteiger partial charge in [0, 0.05) is 35.1 Å². The van der Waals surface area contributed by atoms with Crippen LogP contribution in [0.1, 0.15) is 38.5 Å². The number of fused-ring (bicyclic) bond motifs is 1. The van der Waals surface area contributed by atoms with Crippen molar-refractivity contribution >= 4 is 55.9 Å². The second kappa shape index (κ2) is 13.1. The second-order valence-corrected chi connectivity index (χ2v) is 12.2. The van der Waals surface area contributed by atoms with Crippen molar-refractivity contribution in [3.8, 4) is 0 Å². The number of hydrogen-bond acceptors (Lipinski definition) is 7. The quantitative estimate of drug-likeness (QED) is 0.220. The number of nitrogens with two attached hydrogens (primary N) is 1. The van der Waals surface area contributed by atoms with Gasteiger partial charge < -0.3 is 16.4 Å². The van der Waals surface area contributed by atoms with Crippen molar-refractivity contribution < 1.29 is 8.42 Å². The van der Waals surface area contributed by atoms with Gasteiger partial charge in [0.25, 0.3) is 0 Å². The average Bonchev–Trinajstić information content (AvgIpc) is 2.89. The first kappa shape index (κ1) is 27.9. The van der Waals surface area contributed by atoms with E-state index in [9.17, 15) is 8.42 Å². The number of halogens is 2. The number of sulfonamides is 1. The van der Waals surface area contributed by atoms with Gasteiger partial charge in [-0.25, -0.2) is 18.1 Å². The molecule has 2 aromatic carbocycles. The first-order chi connectivity index (χ1) is 17.8. The monoisotopic (exact) mass is 564 g/mol. The maximum Gasteiger partial charge on any atom is 0.240 e. The summed E-state index contributed by atoms with van der Waals surface area (Å²) >= 11 is 11.9. The van der Waals surface area contributed by atoms with Crippen molar-refractivity contribution in [3.05, 3.63) is 52.5 Å². The van der Waals surface area contributed by atoms with E-state index in [1.54, 1.807) is 0 Å². The zero-order valence-electron chi connectivity index (χ0n) is 20.7. The van der Waals surface area contributed by atoms with Crippen molar-refractivity contribution in [3.63, 3.8) is 0 Å². The van der Waals surface area contributed by atoms with Gasteiger partial charge in [0.15, 0.2) is 0 Å². The molecule has 0 aliphatic heterocycles. The minimum absolute atomic E-state index is 0.0894. The summed E-state index contributed by atoms with van der Waals surface area (Å²) in [6.45, 7) is 2.68. The third kappa shape index (κ3) is 7.91. The van der Waals surface area contributed by atoms with E-state index < -0.39 is 10.0 Å². The molecule has 200 valence electrons. The minimum atomic E-state index is -3.66. The maximum atomic E-state index is 12.7. The summed E-state index contributed by atoms with van der Waals surface area (Å²) in [4.78, 5) is 9.52. The molecule has 0 spiro atoms. The van der Waals surface area contributed by atoms with Gasteiger partial charge in [-0.15, -0.1) is 0 Å². The Morgan fingerprint density at radius 2 is 1.57 bits per heavy atom. The molecule has 0 atom stereocenters. The van der Waals surface area contributed by atoms with Gasteiger partial charge in [-0.2, -0.15) is 4.98 Å². The van der Waals surface area contributed by atoms with Gasteiger partial charge in [-0.1, -0.05) is 35.3 Å². The number of aromatic nitrogens is 2. The first-order valence-corrected chi connectivity index (χ1v) is 15.0. The highest BCUT2D eigenvalue weighted by atomic mass is 35.5. The Morgan fingerprint density at radius 1 is 0.892 bits per heavy atom. The number of benzene rings is 2. The number of anilines is 2. The zero-order chi connectivity index (χ0) is 26.3. The summed E-state index contributed by atoms with van der Waals surface area (Å²) in [7, 11) is -3.66. The van der Waals surface area contributed by atoms with Crippen molar-refractivity contribution in [2.75, 3.05) is 36.8 Å². The van der Waals surface area contributed by atoms with E-state index in [0.717, 1.165) is 68.3 Å². The third-order valence-corrected chi connectivity index (χ3v) is 8.59. The molecule has 1 fully saturated rings. The molecule has 1 aliphatic carbocycles. The number of rotatable bonds is 12. The lowest BCUT2D eigenvalue weighted by molar-refractivity contribution is 0.284. The van der Waals surface area contributed by atoms with Crippen molar-refractivity contribution in [2.24, 2.45) is 17.6 Å². The highest BCUT2D eigenvalue weighted by Gasteiger charge is 2.24. The second-order valence-electron chi connectivity index (χ2n) is 9.56. The van der Waals surface area contributed by atoms with Gasteiger partial charge in [0.2, 0.25) is 16.0 Å². The minimum Gasteiger partial charge on any atom is -0.369 e. The van der Waals surface area contributed by atoms with Crippen LogP contribution in [0.25, 0.3) is 10.9 Å². The lowest BCUT2D eigenvalue weighted by Gasteiger charge is -2.28. The molecule has 8 nitrogen and oxygen atoms in total. The van der Waals surface area contributed by atoms with Gasteiger partial charge >= 0.3 is 0 Å². The van der Waals surface area contributed by atoms with E-state index >= 15 is 0 Å². The maximum absolute atomic E-state index is 12.7. The van der Waals surface area contributed by atoms with Crippen LogP contribution in [0.4, 0.5) is 11.8 Å². The molecular weight excluding hydrogens is 531 g/mol. The van der Waals surface area contributed by atoms with Crippen LogP contribution in [0.2, 0.25) is 10.0 Å². The van der Waals surface area contributed by atoms with Crippen LogP contribution in [-0.2, 0) is 10.0 Å². The number of nitrogens with one attached hydrogen (secondary N) is 3. The molecule has 37 heavy (non-hydrogen) atoms. The van der Waals surface area contributed by atoms with Crippen molar-refractivity contribution in [1.29, 1.82) is 0 Å². The van der Waals surface area contributed by atoms with Crippen LogP contribution in [-0.4, -0.2) is 44.6 Å². The van der Waals surface area contributed by atoms with Crippen LogP contribution in [0.5, 0.6) is 0 Å². The highest BCUT2D eigenvalue weighted by molar-refractivity contribution is 7.89. The number of nitrogens with zero attached hydrogens (tertiary/aromatic N) is 2. The number of unbranched alkanes of at least 4 members (excludes halogenated alkanes) is 1. The first-order valence-electron chi connectivity index (χ1n) is 12.7.